The second-order valence-electron chi connectivity index (χ2n) is 1.42. The number of hydrogen-bond acceptors (Lipinski definition) is 4. The van der Waals surface area contributed by atoms with Crippen molar-refractivity contribution >= 4 is 0 Å². The van der Waals surface area contributed by atoms with Crippen LogP contribution in [-0.4, -0.2) is 32.2 Å². The molecular weight excluding hydrogens is 146 g/mol. The fourth-order valence-corrected chi connectivity index (χ4v) is 0.368. The highest BCUT2D eigenvalue weighted by atomic mass is 19.3. The van der Waals surface area contributed by atoms with Crippen molar-refractivity contribution in [1.82, 2.24) is 20.6 Å². The van der Waals surface area contributed by atoms with Gasteiger partial charge in [-0.1, -0.05) is 5.21 Å². The quantitative estimate of drug-likeness (QED) is 0.606. The van der Waals surface area contributed by atoms with Crippen LogP contribution in [0, 0.1) is 6.10 Å². The number of tetrazole rings is 1. The molecule has 10 heavy (non-hydrogen) atoms. The summed E-state index contributed by atoms with van der Waals surface area (Å²) >= 11 is 0. The van der Waals surface area contributed by atoms with Crippen molar-refractivity contribution < 1.29 is 13.9 Å². The Labute approximate surface area is 54.1 Å². The van der Waals surface area contributed by atoms with Crippen molar-refractivity contribution in [2.45, 2.75) is 6.43 Å². The molecule has 0 saturated heterocycles. The number of H-pyrrole nitrogens is 1. The predicted octanol–water partition coefficient (Wildman–Crippen LogP) is -0.283. The van der Waals surface area contributed by atoms with Crippen LogP contribution in [0.5, 0.6) is 0 Å². The van der Waals surface area contributed by atoms with E-state index in [2.05, 4.69) is 15.4 Å². The normalized spacial score (nSPS) is 11.3. The summed E-state index contributed by atoms with van der Waals surface area (Å²) in [5, 5.41) is 19.6. The number of hydrogen-bond donors (Lipinski definition) is 2. The SMILES string of the molecule is O[C](c1nn[nH]n1)C(F)F. The van der Waals surface area contributed by atoms with E-state index in [0.29, 0.717) is 0 Å². The standard InChI is InChI=1S/C3H3F2N4O/c4-2(5)1(10)3-6-8-9-7-3/h2,10H,(H,6,7,8,9). The van der Waals surface area contributed by atoms with Gasteiger partial charge in [0.1, 0.15) is 0 Å². The second-order valence-corrected chi connectivity index (χ2v) is 1.42. The molecular formula is C3H3F2N4O. The molecule has 0 aliphatic rings. The Balaban J connectivity index is 2.68. The zero-order valence-electron chi connectivity index (χ0n) is 4.62. The predicted molar refractivity (Wildman–Crippen MR) is 24.5 cm³/mol. The molecule has 0 amide bonds. The van der Waals surface area contributed by atoms with Crippen LogP contribution in [0.3, 0.4) is 0 Å². The lowest BCUT2D eigenvalue weighted by molar-refractivity contribution is 0.0845. The summed E-state index contributed by atoms with van der Waals surface area (Å²) in [6, 6.07) is 0. The molecule has 0 aliphatic carbocycles. The maximum atomic E-state index is 11.6. The molecule has 1 aromatic heterocycles. The summed E-state index contributed by atoms with van der Waals surface area (Å²) in [4.78, 5) is 0. The Kier molecular flexibility index (Phi) is 1.86. The first-order valence-electron chi connectivity index (χ1n) is 2.29. The van der Waals surface area contributed by atoms with Gasteiger partial charge in [-0.25, -0.2) is 8.78 Å². The van der Waals surface area contributed by atoms with Gasteiger partial charge in [0.2, 0.25) is 11.9 Å². The lowest BCUT2D eigenvalue weighted by Gasteiger charge is -1.99. The van der Waals surface area contributed by atoms with E-state index in [1.807, 2.05) is 5.21 Å². The first kappa shape index (κ1) is 7.00. The van der Waals surface area contributed by atoms with E-state index in [1.165, 1.54) is 0 Å². The van der Waals surface area contributed by atoms with Gasteiger partial charge in [-0.05, 0) is 0 Å². The van der Waals surface area contributed by atoms with Crippen LogP contribution in [0.1, 0.15) is 5.82 Å². The minimum absolute atomic E-state index is 0.477. The third-order valence-electron chi connectivity index (χ3n) is 0.781. The molecule has 0 spiro atoms. The molecule has 1 rings (SSSR count). The van der Waals surface area contributed by atoms with Gasteiger partial charge in [0.05, 0.1) is 0 Å². The molecule has 1 radical (unpaired) electrons. The van der Waals surface area contributed by atoms with Crippen LogP contribution in [-0.2, 0) is 0 Å². The highest BCUT2D eigenvalue weighted by Crippen LogP contribution is 2.12. The molecule has 0 saturated carbocycles. The van der Waals surface area contributed by atoms with Crippen LogP contribution < -0.4 is 0 Å². The number of rotatable bonds is 2. The molecule has 55 valence electrons. The number of aromatic nitrogens is 4. The van der Waals surface area contributed by atoms with E-state index >= 15 is 0 Å². The maximum Gasteiger partial charge on any atom is 0.277 e. The number of halogens is 2. The van der Waals surface area contributed by atoms with E-state index < -0.39 is 18.4 Å². The van der Waals surface area contributed by atoms with Gasteiger partial charge in [0, 0.05) is 0 Å². The summed E-state index contributed by atoms with van der Waals surface area (Å²) in [5.41, 5.74) is 0. The molecule has 0 bridgehead atoms. The van der Waals surface area contributed by atoms with Crippen molar-refractivity contribution in [3.63, 3.8) is 0 Å². The summed E-state index contributed by atoms with van der Waals surface area (Å²) in [7, 11) is 0. The van der Waals surface area contributed by atoms with Crippen molar-refractivity contribution in [3.8, 4) is 0 Å². The molecule has 0 aromatic carbocycles. The monoisotopic (exact) mass is 149 g/mol. The molecule has 0 atom stereocenters. The Hall–Kier alpha value is -1.11. The number of alkyl halides is 2. The van der Waals surface area contributed by atoms with Crippen molar-refractivity contribution in [2.24, 2.45) is 0 Å². The molecule has 0 aliphatic heterocycles. The van der Waals surface area contributed by atoms with Gasteiger partial charge in [-0.3, -0.25) is 0 Å². The van der Waals surface area contributed by atoms with Gasteiger partial charge in [0.15, 0.2) is 0 Å². The highest BCUT2D eigenvalue weighted by molar-refractivity contribution is 5.04. The molecule has 7 heteroatoms. The number of aromatic amines is 1. The Morgan fingerprint density at radius 3 is 2.70 bits per heavy atom. The lowest BCUT2D eigenvalue weighted by atomic mass is 10.4. The number of nitrogens with zero attached hydrogens (tertiary/aromatic N) is 3. The topological polar surface area (TPSA) is 74.7 Å². The number of aliphatic hydroxyl groups is 1. The Morgan fingerprint density at radius 2 is 2.30 bits per heavy atom. The minimum Gasteiger partial charge on any atom is -0.374 e. The molecule has 0 fully saturated rings. The van der Waals surface area contributed by atoms with Crippen LogP contribution in [0.15, 0.2) is 0 Å². The van der Waals surface area contributed by atoms with Gasteiger partial charge in [-0.2, -0.15) is 5.21 Å². The summed E-state index contributed by atoms with van der Waals surface area (Å²) in [6.45, 7) is 0. The molecule has 2 N–H and O–H groups in total. The van der Waals surface area contributed by atoms with Crippen LogP contribution in [0.4, 0.5) is 8.78 Å². The average Bonchev–Trinajstić information content (AvgIpc) is 2.36. The van der Waals surface area contributed by atoms with Crippen LogP contribution in [0.25, 0.3) is 0 Å². The third-order valence-corrected chi connectivity index (χ3v) is 0.781. The average molecular weight is 149 g/mol. The summed E-state index contributed by atoms with van der Waals surface area (Å²) in [5.74, 6) is -0.477. The fraction of sp³-hybridized carbons (Fsp3) is 0.333. The van der Waals surface area contributed by atoms with Crippen molar-refractivity contribution in [3.05, 3.63) is 11.9 Å². The van der Waals surface area contributed by atoms with Gasteiger partial charge < -0.3 is 5.11 Å². The minimum atomic E-state index is -2.96. The smallest absolute Gasteiger partial charge is 0.277 e. The summed E-state index contributed by atoms with van der Waals surface area (Å²) < 4.78 is 23.2. The van der Waals surface area contributed by atoms with Gasteiger partial charge in [-0.15, -0.1) is 10.2 Å². The lowest BCUT2D eigenvalue weighted by Crippen LogP contribution is -2.10. The summed E-state index contributed by atoms with van der Waals surface area (Å²) in [6.07, 6.45) is -4.13. The largest absolute Gasteiger partial charge is 0.374 e. The molecule has 1 aromatic rings. The zero-order valence-corrected chi connectivity index (χ0v) is 4.62. The van der Waals surface area contributed by atoms with E-state index in [4.69, 9.17) is 5.11 Å². The third kappa shape index (κ3) is 1.24. The highest BCUT2D eigenvalue weighted by Gasteiger charge is 2.24. The first-order chi connectivity index (χ1) is 4.72. The maximum absolute atomic E-state index is 11.6. The zero-order chi connectivity index (χ0) is 7.56. The van der Waals surface area contributed by atoms with Crippen LogP contribution in [0.2, 0.25) is 0 Å². The molecule has 5 nitrogen and oxygen atoms in total. The van der Waals surface area contributed by atoms with Crippen molar-refractivity contribution in [2.75, 3.05) is 0 Å². The molecule has 0 unspecified atom stereocenters. The van der Waals surface area contributed by atoms with E-state index in [1.54, 1.807) is 0 Å². The first-order valence-corrected chi connectivity index (χ1v) is 2.29. The van der Waals surface area contributed by atoms with Crippen molar-refractivity contribution in [1.29, 1.82) is 0 Å². The Bertz CT molecular complexity index is 188. The number of aliphatic hydroxyl groups excluding tert-OH is 1. The Morgan fingerprint density at radius 1 is 1.60 bits per heavy atom. The van der Waals surface area contributed by atoms with E-state index in [9.17, 15) is 8.78 Å². The fourth-order valence-electron chi connectivity index (χ4n) is 0.368. The van der Waals surface area contributed by atoms with E-state index in [-0.39, 0.29) is 0 Å². The van der Waals surface area contributed by atoms with Crippen LogP contribution >= 0.6 is 0 Å². The number of nitrogens with one attached hydrogen (secondary N) is 1. The van der Waals surface area contributed by atoms with Gasteiger partial charge >= 0.3 is 0 Å². The second kappa shape index (κ2) is 2.65. The van der Waals surface area contributed by atoms with Gasteiger partial charge in [0.25, 0.3) is 6.43 Å². The van der Waals surface area contributed by atoms with E-state index in [0.717, 1.165) is 0 Å². The molecule has 1 heterocycles.